The molecule has 31 heavy (non-hydrogen) atoms. The monoisotopic (exact) mass is 428 g/mol. The Balaban J connectivity index is 1.80. The van der Waals surface area contributed by atoms with E-state index in [-0.39, 0.29) is 11.7 Å². The number of nitrogens with zero attached hydrogens (tertiary/aromatic N) is 1. The van der Waals surface area contributed by atoms with Crippen LogP contribution < -0.4 is 5.32 Å². The second kappa shape index (κ2) is 9.86. The number of carbonyl (C=O) groups excluding carboxylic acids is 1. The molecule has 0 aliphatic heterocycles. The number of halogens is 3. The van der Waals surface area contributed by atoms with Crippen LogP contribution in [0.5, 0.6) is 0 Å². The van der Waals surface area contributed by atoms with Gasteiger partial charge in [0.1, 0.15) is 5.69 Å². The van der Waals surface area contributed by atoms with Crippen LogP contribution in [0.1, 0.15) is 60.0 Å². The summed E-state index contributed by atoms with van der Waals surface area (Å²) in [5.41, 5.74) is 1.56. The van der Waals surface area contributed by atoms with E-state index in [2.05, 4.69) is 17.4 Å². The fraction of sp³-hybridized carbons (Fsp3) is 0.320. The van der Waals surface area contributed by atoms with E-state index in [0.29, 0.717) is 5.69 Å². The van der Waals surface area contributed by atoms with Crippen molar-refractivity contribution < 1.29 is 18.0 Å². The van der Waals surface area contributed by atoms with E-state index in [4.69, 9.17) is 0 Å². The number of carbonyl (C=O) groups is 1. The maximum atomic E-state index is 13.3. The van der Waals surface area contributed by atoms with Crippen molar-refractivity contribution in [2.45, 2.75) is 51.7 Å². The molecule has 2 aromatic carbocycles. The second-order valence-electron chi connectivity index (χ2n) is 7.67. The Labute approximate surface area is 180 Å². The van der Waals surface area contributed by atoms with Gasteiger partial charge in [0, 0.05) is 11.7 Å². The quantitative estimate of drug-likeness (QED) is 0.416. The molecule has 1 atom stereocenters. The van der Waals surface area contributed by atoms with Crippen LogP contribution in [0.4, 0.5) is 18.9 Å². The van der Waals surface area contributed by atoms with Crippen molar-refractivity contribution in [3.8, 4) is 0 Å². The molecule has 3 rings (SSSR count). The van der Waals surface area contributed by atoms with Gasteiger partial charge in [-0.25, -0.2) is 0 Å². The minimum absolute atomic E-state index is 0.0559. The summed E-state index contributed by atoms with van der Waals surface area (Å²) in [7, 11) is 0. The van der Waals surface area contributed by atoms with Crippen LogP contribution in [0.15, 0.2) is 66.7 Å². The van der Waals surface area contributed by atoms with Gasteiger partial charge in [0.2, 0.25) is 0 Å². The van der Waals surface area contributed by atoms with Gasteiger partial charge in [0.15, 0.2) is 0 Å². The van der Waals surface area contributed by atoms with Crippen molar-refractivity contribution in [2.75, 3.05) is 5.32 Å². The molecule has 1 amide bonds. The van der Waals surface area contributed by atoms with Gasteiger partial charge >= 0.3 is 6.18 Å². The molecule has 0 spiro atoms. The lowest BCUT2D eigenvalue weighted by molar-refractivity contribution is -0.136. The van der Waals surface area contributed by atoms with E-state index in [9.17, 15) is 18.0 Å². The molecule has 0 unspecified atom stereocenters. The van der Waals surface area contributed by atoms with Crippen LogP contribution >= 0.6 is 0 Å². The summed E-state index contributed by atoms with van der Waals surface area (Å²) >= 11 is 0. The first kappa shape index (κ1) is 22.7. The molecule has 0 saturated carbocycles. The number of hydrogen-bond acceptors (Lipinski definition) is 1. The molecule has 0 saturated heterocycles. The third-order valence-corrected chi connectivity index (χ3v) is 5.49. The van der Waals surface area contributed by atoms with Gasteiger partial charge in [0.05, 0.1) is 11.3 Å². The normalized spacial score (nSPS) is 12.5. The Morgan fingerprint density at radius 3 is 2.32 bits per heavy atom. The molecule has 1 N–H and O–H groups in total. The summed E-state index contributed by atoms with van der Waals surface area (Å²) in [5, 5.41) is 2.47. The molecule has 1 aromatic heterocycles. The Bertz CT molecular complexity index is 1010. The zero-order chi connectivity index (χ0) is 22.4. The third-order valence-electron chi connectivity index (χ3n) is 5.49. The highest BCUT2D eigenvalue weighted by atomic mass is 19.4. The topological polar surface area (TPSA) is 34.0 Å². The predicted molar refractivity (Wildman–Crippen MR) is 117 cm³/mol. The largest absolute Gasteiger partial charge is 0.418 e. The van der Waals surface area contributed by atoms with Gasteiger partial charge in [-0.2, -0.15) is 13.2 Å². The van der Waals surface area contributed by atoms with Gasteiger partial charge in [-0.3, -0.25) is 4.79 Å². The highest BCUT2D eigenvalue weighted by molar-refractivity contribution is 6.03. The number of hydrogen-bond donors (Lipinski definition) is 1. The first-order valence-corrected chi connectivity index (χ1v) is 10.5. The van der Waals surface area contributed by atoms with E-state index in [0.717, 1.165) is 37.4 Å². The number of nitrogens with one attached hydrogen (secondary N) is 1. The lowest BCUT2D eigenvalue weighted by Crippen LogP contribution is -2.22. The number of benzene rings is 2. The van der Waals surface area contributed by atoms with E-state index >= 15 is 0 Å². The highest BCUT2D eigenvalue weighted by Gasteiger charge is 2.34. The first-order valence-electron chi connectivity index (χ1n) is 10.5. The second-order valence-corrected chi connectivity index (χ2v) is 7.67. The van der Waals surface area contributed by atoms with Crippen molar-refractivity contribution in [1.29, 1.82) is 0 Å². The van der Waals surface area contributed by atoms with Gasteiger partial charge < -0.3 is 9.88 Å². The Hall–Kier alpha value is -3.02. The molecule has 3 aromatic rings. The van der Waals surface area contributed by atoms with Crippen LogP contribution in [-0.4, -0.2) is 10.5 Å². The Kier molecular flexibility index (Phi) is 7.21. The maximum Gasteiger partial charge on any atom is 0.418 e. The van der Waals surface area contributed by atoms with Crippen molar-refractivity contribution in [3.63, 3.8) is 0 Å². The summed E-state index contributed by atoms with van der Waals surface area (Å²) < 4.78 is 41.8. The lowest BCUT2D eigenvalue weighted by Gasteiger charge is -2.20. The Morgan fingerprint density at radius 2 is 1.65 bits per heavy atom. The lowest BCUT2D eigenvalue weighted by atomic mass is 10.1. The fourth-order valence-electron chi connectivity index (χ4n) is 3.73. The van der Waals surface area contributed by atoms with Crippen LogP contribution in [0.3, 0.4) is 0 Å². The SMILES string of the molecule is CC[C@H](C)n1c(CCCc2ccccc2)ccc1C(=O)Nc1ccccc1C(F)(F)F. The molecular weight excluding hydrogens is 401 g/mol. The highest BCUT2D eigenvalue weighted by Crippen LogP contribution is 2.35. The van der Waals surface area contributed by atoms with Crippen LogP contribution in [0, 0.1) is 0 Å². The summed E-state index contributed by atoms with van der Waals surface area (Å²) in [5.74, 6) is -0.536. The molecule has 0 aliphatic carbocycles. The van der Waals surface area contributed by atoms with Crippen molar-refractivity contribution in [2.24, 2.45) is 0 Å². The summed E-state index contributed by atoms with van der Waals surface area (Å²) in [6.45, 7) is 4.04. The summed E-state index contributed by atoms with van der Waals surface area (Å²) in [6, 6.07) is 18.9. The van der Waals surface area contributed by atoms with Crippen molar-refractivity contribution >= 4 is 11.6 Å². The molecule has 3 nitrogen and oxygen atoms in total. The van der Waals surface area contributed by atoms with E-state index in [1.54, 1.807) is 6.07 Å². The van der Waals surface area contributed by atoms with Crippen LogP contribution in [0.25, 0.3) is 0 Å². The summed E-state index contributed by atoms with van der Waals surface area (Å²) in [6.07, 6.45) is -1.11. The molecule has 164 valence electrons. The van der Waals surface area contributed by atoms with Gasteiger partial charge in [0.25, 0.3) is 5.91 Å². The number of alkyl halides is 3. The molecule has 0 fully saturated rings. The number of rotatable bonds is 8. The summed E-state index contributed by atoms with van der Waals surface area (Å²) in [4.78, 5) is 12.9. The Morgan fingerprint density at radius 1 is 0.968 bits per heavy atom. The van der Waals surface area contributed by atoms with E-state index in [1.807, 2.05) is 42.7 Å². The average molecular weight is 428 g/mol. The van der Waals surface area contributed by atoms with Crippen molar-refractivity contribution in [1.82, 2.24) is 4.57 Å². The van der Waals surface area contributed by atoms with Gasteiger partial charge in [-0.05, 0) is 62.4 Å². The number of anilines is 1. The van der Waals surface area contributed by atoms with Crippen molar-refractivity contribution in [3.05, 3.63) is 89.2 Å². The number of aromatic nitrogens is 1. The molecular formula is C25H27F3N2O. The molecule has 6 heteroatoms. The molecule has 1 heterocycles. The first-order chi connectivity index (χ1) is 14.8. The fourth-order valence-corrected chi connectivity index (χ4v) is 3.73. The molecule has 0 aliphatic rings. The molecule has 0 radical (unpaired) electrons. The van der Waals surface area contributed by atoms with E-state index < -0.39 is 17.6 Å². The molecule has 0 bridgehead atoms. The number of para-hydroxylation sites is 1. The standard InChI is InChI=1S/C25H27F3N2O/c1-3-18(2)30-20(13-9-12-19-10-5-4-6-11-19)16-17-23(30)24(31)29-22-15-8-7-14-21(22)25(26,27)28/h4-8,10-11,14-18H,3,9,12-13H2,1-2H3,(H,29,31)/t18-/m0/s1. The van der Waals surface area contributed by atoms with Crippen LogP contribution in [0.2, 0.25) is 0 Å². The zero-order valence-electron chi connectivity index (χ0n) is 17.7. The van der Waals surface area contributed by atoms with Crippen LogP contribution in [-0.2, 0) is 19.0 Å². The predicted octanol–water partition coefficient (Wildman–Crippen LogP) is 6.91. The minimum atomic E-state index is -4.54. The van der Waals surface area contributed by atoms with Gasteiger partial charge in [-0.1, -0.05) is 49.4 Å². The third kappa shape index (κ3) is 5.57. The van der Waals surface area contributed by atoms with Gasteiger partial charge in [-0.15, -0.1) is 0 Å². The van der Waals surface area contributed by atoms with E-state index in [1.165, 1.54) is 23.8 Å². The number of amides is 1. The smallest absolute Gasteiger partial charge is 0.338 e. The minimum Gasteiger partial charge on any atom is -0.338 e. The zero-order valence-corrected chi connectivity index (χ0v) is 17.7. The average Bonchev–Trinajstić information content (AvgIpc) is 3.17. The number of aryl methyl sites for hydroxylation is 2. The maximum absolute atomic E-state index is 13.3.